The molecule has 4 N–H and O–H groups in total. The van der Waals surface area contributed by atoms with Crippen molar-refractivity contribution in [2.24, 2.45) is 0 Å². The molecule has 4 aromatic rings. The maximum atomic E-state index is 8.49. The van der Waals surface area contributed by atoms with Crippen LogP contribution in [0.4, 0.5) is 0 Å². The molecule has 0 spiro atoms. The Morgan fingerprint density at radius 3 is 0.197 bits per heavy atom. The summed E-state index contributed by atoms with van der Waals surface area (Å²) in [6, 6.07) is 45.5. The number of hydrogen-bond donors (Lipinski definition) is 0. The fourth-order valence-electron chi connectivity index (χ4n) is 2.65. The van der Waals surface area contributed by atoms with Gasteiger partial charge in [-0.3, -0.25) is 0 Å². The van der Waals surface area contributed by atoms with E-state index in [-0.39, 0.29) is 123 Å². The molecule has 0 unspecified atom stereocenters. The first-order chi connectivity index (χ1) is 57.2. The molecular weight excluding hydrogens is 2920 g/mol. The third-order valence-corrected chi connectivity index (χ3v) is 9.66. The van der Waals surface area contributed by atoms with E-state index in [1.807, 2.05) is 48.5 Å². The third kappa shape index (κ3) is 1090. The fraction of sp³-hybridized carbons (Fsp3) is 0.250. The Labute approximate surface area is 888 Å². The first-order valence-electron chi connectivity index (χ1n) is 24.1. The second kappa shape index (κ2) is 106. The maximum absolute atomic E-state index is 8.49. The zero-order chi connectivity index (χ0) is 117. The summed E-state index contributed by atoms with van der Waals surface area (Å²) in [5, 5.41) is 5.42. The molecule has 0 heterocycles. The van der Waals surface area contributed by atoms with Crippen LogP contribution in [-0.2, 0) is 80.4 Å². The van der Waals surface area contributed by atoms with Gasteiger partial charge < -0.3 is 11.0 Å². The van der Waals surface area contributed by atoms with Crippen LogP contribution in [0.5, 0.6) is 0 Å². The van der Waals surface area contributed by atoms with Gasteiger partial charge in [0, 0.05) is 0 Å². The molecule has 142 heavy (non-hydrogen) atoms. The Balaban J connectivity index is -0.0000000413. The fourth-order valence-corrected chi connectivity index (χ4v) is 5.52. The van der Waals surface area contributed by atoms with Crippen LogP contribution in [-0.4, -0.2) is 64.3 Å². The van der Waals surface area contributed by atoms with Gasteiger partial charge in [0.1, 0.15) is 0 Å². The molecule has 4 aromatic carbocycles. The predicted molar refractivity (Wildman–Crippen MR) is 182 cm³/mol. The van der Waals surface area contributed by atoms with Crippen molar-refractivity contribution in [3.8, 4) is 0 Å². The van der Waals surface area contributed by atoms with Gasteiger partial charge in [-0.15, -0.1) is 258 Å². The quantitative estimate of drug-likeness (QED) is 0.135. The number of benzene rings is 4. The van der Waals surface area contributed by atoms with Gasteiger partial charge in [-0.05, 0) is 53.3 Å². The zero-order valence-corrected chi connectivity index (χ0v) is 91.9. The Bertz CT molecular complexity index is 2290. The summed E-state index contributed by atoms with van der Waals surface area (Å²) in [6.07, 6.45) is 0. The summed E-state index contributed by atoms with van der Waals surface area (Å²) in [5.41, 5.74) is 0. The molecular formula is C32H44Cl20O82P4Tc4. The van der Waals surface area contributed by atoms with E-state index in [9.17, 15) is 0 Å². The van der Waals surface area contributed by atoms with Crippen molar-refractivity contribution >= 4 is 52.9 Å². The first kappa shape index (κ1) is 213. The maximum Gasteiger partial charge on any atom is 6.00 e. The van der Waals surface area contributed by atoms with E-state index >= 15 is 0 Å². The molecule has 0 aromatic heterocycles. The van der Waals surface area contributed by atoms with Gasteiger partial charge in [0.05, 0.1) is 0 Å². The van der Waals surface area contributed by atoms with Crippen LogP contribution in [0.3, 0.4) is 0 Å². The van der Waals surface area contributed by atoms with E-state index < -0.39 is 205 Å². The standard InChI is InChI=1S/4C8H10P.20ClHO4.2H2O.4Tc/c4*1-9(2)8-6-4-3-5-7-8;20*2-1(3,4)5;;;;;;/h4*3-6H,1-2H3;20*(H,2,3,4,5);2*1H2;;;;/q4*-1;;;;;;;;;;;;;;;;;;;;;;;4*+6/p-20. The van der Waals surface area contributed by atoms with E-state index in [0.717, 1.165) is 0 Å². The molecule has 0 amide bonds. The molecule has 4 rings (SSSR count). The van der Waals surface area contributed by atoms with Crippen molar-refractivity contribution in [3.63, 3.8) is 0 Å². The Morgan fingerprint density at radius 1 is 0.127 bits per heavy atom. The van der Waals surface area contributed by atoms with Gasteiger partial charge in [-0.25, -0.2) is 373 Å². The van der Waals surface area contributed by atoms with Gasteiger partial charge >= 0.3 is 80.4 Å². The second-order valence-electron chi connectivity index (χ2n) is 16.1. The van der Waals surface area contributed by atoms with Crippen LogP contribution >= 0.6 is 31.7 Å². The Morgan fingerprint density at radius 2 is 0.176 bits per heavy atom. The first-order valence-corrected chi connectivity index (χ1v) is 57.8. The van der Waals surface area contributed by atoms with Gasteiger partial charge in [0.15, 0.2) is 0 Å². The summed E-state index contributed by atoms with van der Waals surface area (Å²) in [5.74, 6) is 0. The number of rotatable bonds is 4. The van der Waals surface area contributed by atoms with E-state index in [1.165, 1.54) is 21.2 Å². The average molecular weight is 2970 g/mol. The van der Waals surface area contributed by atoms with Gasteiger partial charge in [0.25, 0.3) is 0 Å². The second-order valence-corrected chi connectivity index (χ2v) is 40.3. The normalized spacial score (nSPS) is 11.0. The molecule has 0 fully saturated rings. The van der Waals surface area contributed by atoms with Crippen LogP contribution in [0, 0.1) is 229 Å². The van der Waals surface area contributed by atoms with E-state index in [4.69, 9.17) is 373 Å². The van der Waals surface area contributed by atoms with Gasteiger partial charge in [-0.1, -0.05) is 0 Å². The summed E-state index contributed by atoms with van der Waals surface area (Å²) in [4.78, 5) is 0. The van der Waals surface area contributed by atoms with Crippen LogP contribution < -0.4 is 394 Å². The minimum atomic E-state index is -4.94. The smallest absolute Gasteiger partial charge is 0.412 e. The summed E-state index contributed by atoms with van der Waals surface area (Å²) < 4.78 is 679. The summed E-state index contributed by atoms with van der Waals surface area (Å²) in [6.45, 7) is 17.9. The zero-order valence-electron chi connectivity index (χ0n) is 65.8. The Hall–Kier alpha value is 3.72. The molecule has 0 atom stereocenters. The SMILES string of the molecule is CP(C)c1[c-]cccc1.CP(C)c1[c-]cccc1.CP(C)c1[c-]cccc1.CP(C)c1[c-]cccc1.O.O.[O-][Cl+3]([O-])([O-])[O-].[O-][Cl+3]([O-])([O-])[O-].[O-][Cl+3]([O-])([O-])[O-].[O-][Cl+3]([O-])([O-])[O-].[O-][Cl+3]([O-])([O-])[O-].[O-][Cl+3]([O-])([O-])[O-].[O-][Cl+3]([O-])([O-])[O-].[O-][Cl+3]([O-])([O-])[O-].[O-][Cl+3]([O-])([O-])[O-].[O-][Cl+3]([O-])([O-])[O-].[O-][Cl+3]([O-])([O-])[O-].[O-][Cl+3]([O-])([O-])[O-].[O-][Cl+3]([O-])([O-])[O-].[O-][Cl+3]([O-])([O-])[O-].[O-][Cl+3]([O-])([O-])[O-].[O-][Cl+3]([O-])([O-])[O-].[O-][Cl+3]([O-])([O-])[O-].[O-][Cl+3]([O-])([O-])[O-].[O-][Cl+3]([O-])([O-])[O-].[O-][Cl+3]([O-])([O-])[O-].[Tc+6].[Tc+6].[Tc+6].[Tc+6]. The monoisotopic (exact) mass is 2950 g/mol. The van der Waals surface area contributed by atoms with Crippen molar-refractivity contribution < 1.29 is 669 Å². The average Bonchev–Trinajstić information content (AvgIpc) is 0.950. The molecule has 0 bridgehead atoms. The van der Waals surface area contributed by atoms with Crippen molar-refractivity contribution in [2.45, 2.75) is 0 Å². The minimum Gasteiger partial charge on any atom is -0.412 e. The van der Waals surface area contributed by atoms with E-state index in [1.54, 1.807) is 0 Å². The summed E-state index contributed by atoms with van der Waals surface area (Å²) in [7, 11) is -98.7. The van der Waals surface area contributed by atoms with Crippen LogP contribution in [0.15, 0.2) is 97.1 Å². The molecule has 0 saturated heterocycles. The molecule has 0 aliphatic carbocycles. The largest absolute Gasteiger partial charge is 6.00 e. The van der Waals surface area contributed by atoms with E-state index in [2.05, 4.69) is 126 Å². The van der Waals surface area contributed by atoms with Crippen LogP contribution in [0.25, 0.3) is 0 Å². The number of hydrogen-bond acceptors (Lipinski definition) is 80. The molecule has 0 aliphatic rings. The van der Waals surface area contributed by atoms with Crippen LogP contribution in [0.1, 0.15) is 0 Å². The molecule has 0 aliphatic heterocycles. The topological polar surface area (TPSA) is 1910 Å². The van der Waals surface area contributed by atoms with Gasteiger partial charge in [0.2, 0.25) is 0 Å². The molecule has 110 heteroatoms. The van der Waals surface area contributed by atoms with Crippen molar-refractivity contribution in [1.82, 2.24) is 0 Å². The molecule has 0 saturated carbocycles. The van der Waals surface area contributed by atoms with Crippen molar-refractivity contribution in [3.05, 3.63) is 121 Å². The number of halogens is 20. The van der Waals surface area contributed by atoms with Gasteiger partial charge in [-0.2, -0.15) is 121 Å². The van der Waals surface area contributed by atoms with Crippen LogP contribution in [0.2, 0.25) is 0 Å². The Kier molecular flexibility index (Phi) is 159. The molecule has 82 nitrogen and oxygen atoms in total. The molecule has 852 valence electrons. The van der Waals surface area contributed by atoms with E-state index in [0.29, 0.717) is 0 Å². The molecule has 4 radical (unpaired) electrons. The minimum absolute atomic E-state index is 0. The summed E-state index contributed by atoms with van der Waals surface area (Å²) >= 11 is 0. The van der Waals surface area contributed by atoms with Crippen molar-refractivity contribution in [1.29, 1.82) is 0 Å². The predicted octanol–water partition coefficient (Wildman–Crippen LogP) is -89.4. The van der Waals surface area contributed by atoms with Crippen molar-refractivity contribution in [2.75, 3.05) is 53.3 Å². The third-order valence-electron chi connectivity index (χ3n) is 4.70.